The molecule has 0 N–H and O–H groups in total. The van der Waals surface area contributed by atoms with E-state index in [4.69, 9.17) is 13.6 Å². The molecule has 1 aliphatic heterocycles. The summed E-state index contributed by atoms with van der Waals surface area (Å²) in [5.74, 6) is 0. The average molecular weight is 220 g/mol. The first-order valence-corrected chi connectivity index (χ1v) is 9.46. The van der Waals surface area contributed by atoms with Crippen LogP contribution in [0.3, 0.4) is 0 Å². The summed E-state index contributed by atoms with van der Waals surface area (Å²) in [4.78, 5) is 0. The molecule has 0 saturated carbocycles. The van der Waals surface area contributed by atoms with E-state index in [1.807, 2.05) is 0 Å². The van der Waals surface area contributed by atoms with E-state index in [-0.39, 0.29) is 9.76 Å². The van der Waals surface area contributed by atoms with E-state index < -0.39 is 9.04 Å². The molecule has 78 valence electrons. The Morgan fingerprint density at radius 1 is 1.54 bits per heavy atom. The summed E-state index contributed by atoms with van der Waals surface area (Å²) in [7, 11) is -0.952. The summed E-state index contributed by atoms with van der Waals surface area (Å²) in [5.41, 5.74) is 0. The summed E-state index contributed by atoms with van der Waals surface area (Å²) in [6.07, 6.45) is 1.58. The van der Waals surface area contributed by atoms with Gasteiger partial charge in [0.25, 0.3) is 0 Å². The average Bonchev–Trinajstić information content (AvgIpc) is 2.86. The van der Waals surface area contributed by atoms with Crippen LogP contribution in [0.25, 0.3) is 0 Å². The van der Waals surface area contributed by atoms with E-state index in [0.29, 0.717) is 6.10 Å². The number of rotatable bonds is 8. The minimum Gasteiger partial charge on any atom is -0.463 e. The third-order valence-corrected chi connectivity index (χ3v) is 6.24. The highest BCUT2D eigenvalue weighted by Crippen LogP contribution is 2.08. The maximum atomic E-state index is 5.68. The summed E-state index contributed by atoms with van der Waals surface area (Å²) < 4.78 is 16.1. The standard InChI is InChI=1S/C8H20O3Si2/c1-13(2)11-12-5-3-4-9-6-8-7-10-8/h8,13H,3-7,12H2,1-2H3. The minimum atomic E-state index is -0.735. The van der Waals surface area contributed by atoms with E-state index in [0.717, 1.165) is 19.8 Å². The molecule has 0 bridgehead atoms. The maximum absolute atomic E-state index is 5.68. The lowest BCUT2D eigenvalue weighted by Gasteiger charge is -2.05. The molecule has 1 heterocycles. The van der Waals surface area contributed by atoms with Crippen LogP contribution in [0.5, 0.6) is 0 Å². The SMILES string of the molecule is C[SiH](C)O[SiH2]CCCOCC1CO1. The van der Waals surface area contributed by atoms with Gasteiger partial charge in [0.05, 0.1) is 13.2 Å². The van der Waals surface area contributed by atoms with Crippen LogP contribution in [0.2, 0.25) is 19.1 Å². The fourth-order valence-electron chi connectivity index (χ4n) is 1.00. The van der Waals surface area contributed by atoms with Crippen molar-refractivity contribution in [3.63, 3.8) is 0 Å². The highest BCUT2D eigenvalue weighted by molar-refractivity contribution is 6.56. The Morgan fingerprint density at radius 2 is 2.31 bits per heavy atom. The van der Waals surface area contributed by atoms with Crippen molar-refractivity contribution < 1.29 is 13.6 Å². The molecule has 0 aliphatic carbocycles. The first-order valence-electron chi connectivity index (χ1n) is 5.10. The normalized spacial score (nSPS) is 21.9. The molecular formula is C8H20O3Si2. The third kappa shape index (κ3) is 7.39. The van der Waals surface area contributed by atoms with Crippen LogP contribution in [0, 0.1) is 0 Å². The zero-order valence-electron chi connectivity index (χ0n) is 8.62. The predicted molar refractivity (Wildman–Crippen MR) is 58.5 cm³/mol. The summed E-state index contributed by atoms with van der Waals surface area (Å²) in [6.45, 7) is 7.04. The van der Waals surface area contributed by atoms with Gasteiger partial charge in [-0.3, -0.25) is 0 Å². The molecule has 13 heavy (non-hydrogen) atoms. The highest BCUT2D eigenvalue weighted by atomic mass is 28.3. The first kappa shape index (κ1) is 11.4. The second-order valence-corrected chi connectivity index (χ2v) is 8.20. The van der Waals surface area contributed by atoms with Crippen LogP contribution < -0.4 is 0 Å². The molecule has 0 radical (unpaired) electrons. The third-order valence-electron chi connectivity index (χ3n) is 1.84. The van der Waals surface area contributed by atoms with E-state index in [9.17, 15) is 0 Å². The van der Waals surface area contributed by atoms with Gasteiger partial charge in [-0.05, 0) is 25.6 Å². The van der Waals surface area contributed by atoms with E-state index in [1.165, 1.54) is 12.5 Å². The van der Waals surface area contributed by atoms with Gasteiger partial charge in [0.15, 0.2) is 9.04 Å². The zero-order valence-corrected chi connectivity index (χ0v) is 11.2. The second-order valence-electron chi connectivity index (χ2n) is 3.66. The van der Waals surface area contributed by atoms with Crippen molar-refractivity contribution in [2.45, 2.75) is 31.7 Å². The highest BCUT2D eigenvalue weighted by Gasteiger charge is 2.21. The van der Waals surface area contributed by atoms with Crippen molar-refractivity contribution >= 4 is 18.8 Å². The molecule has 3 nitrogen and oxygen atoms in total. The monoisotopic (exact) mass is 220 g/mol. The Balaban J connectivity index is 1.68. The van der Waals surface area contributed by atoms with Crippen LogP contribution in [0.15, 0.2) is 0 Å². The van der Waals surface area contributed by atoms with Crippen LogP contribution in [-0.4, -0.2) is 44.7 Å². The molecule has 0 aromatic heterocycles. The molecule has 5 heteroatoms. The fourth-order valence-corrected chi connectivity index (χ4v) is 3.96. The number of hydrogen-bond acceptors (Lipinski definition) is 3. The Bertz CT molecular complexity index is 123. The molecule has 1 unspecified atom stereocenters. The van der Waals surface area contributed by atoms with Gasteiger partial charge in [-0.2, -0.15) is 0 Å². The first-order chi connectivity index (χ1) is 6.29. The van der Waals surface area contributed by atoms with Crippen molar-refractivity contribution in [1.82, 2.24) is 0 Å². The van der Waals surface area contributed by atoms with E-state index in [2.05, 4.69) is 13.1 Å². The summed E-state index contributed by atoms with van der Waals surface area (Å²) in [5, 5.41) is 0. The van der Waals surface area contributed by atoms with Gasteiger partial charge in [-0.1, -0.05) is 0 Å². The molecule has 0 aromatic rings. The largest absolute Gasteiger partial charge is 0.463 e. The molecule has 0 spiro atoms. The van der Waals surface area contributed by atoms with Crippen molar-refractivity contribution in [2.75, 3.05) is 19.8 Å². The minimum absolute atomic E-state index is 0.217. The van der Waals surface area contributed by atoms with Crippen molar-refractivity contribution in [1.29, 1.82) is 0 Å². The van der Waals surface area contributed by atoms with Crippen LogP contribution >= 0.6 is 0 Å². The van der Waals surface area contributed by atoms with Gasteiger partial charge in [0.2, 0.25) is 0 Å². The summed E-state index contributed by atoms with van der Waals surface area (Å²) in [6, 6.07) is 1.26. The quantitative estimate of drug-likeness (QED) is 0.335. The van der Waals surface area contributed by atoms with E-state index >= 15 is 0 Å². The Kier molecular flexibility index (Phi) is 5.89. The molecule has 1 fully saturated rings. The van der Waals surface area contributed by atoms with Gasteiger partial charge in [0, 0.05) is 6.61 Å². The molecule has 1 saturated heterocycles. The van der Waals surface area contributed by atoms with Crippen molar-refractivity contribution in [2.24, 2.45) is 0 Å². The number of ether oxygens (including phenoxy) is 2. The zero-order chi connectivity index (χ0) is 9.52. The number of hydrogen-bond donors (Lipinski definition) is 0. The topological polar surface area (TPSA) is 31.0 Å². The van der Waals surface area contributed by atoms with Crippen molar-refractivity contribution in [3.05, 3.63) is 0 Å². The van der Waals surface area contributed by atoms with Crippen molar-refractivity contribution in [3.8, 4) is 0 Å². The molecule has 0 aromatic carbocycles. The van der Waals surface area contributed by atoms with Crippen LogP contribution in [0.4, 0.5) is 0 Å². The Labute approximate surface area is 84.4 Å². The Morgan fingerprint density at radius 3 is 2.92 bits per heavy atom. The van der Waals surface area contributed by atoms with Gasteiger partial charge in [-0.25, -0.2) is 0 Å². The molecular weight excluding hydrogens is 200 g/mol. The van der Waals surface area contributed by atoms with Gasteiger partial charge in [-0.15, -0.1) is 0 Å². The second kappa shape index (κ2) is 6.72. The van der Waals surface area contributed by atoms with Crippen LogP contribution in [0.1, 0.15) is 6.42 Å². The Hall–Kier alpha value is 0.314. The lowest BCUT2D eigenvalue weighted by Crippen LogP contribution is -2.12. The maximum Gasteiger partial charge on any atom is 0.156 e. The van der Waals surface area contributed by atoms with Gasteiger partial charge < -0.3 is 13.6 Å². The molecule has 1 atom stereocenters. The predicted octanol–water partition coefficient (Wildman–Crippen LogP) is 0.294. The van der Waals surface area contributed by atoms with Gasteiger partial charge >= 0.3 is 0 Å². The smallest absolute Gasteiger partial charge is 0.156 e. The molecule has 1 rings (SSSR count). The fraction of sp³-hybridized carbons (Fsp3) is 1.00. The molecule has 1 aliphatic rings. The lowest BCUT2D eigenvalue weighted by atomic mass is 10.5. The van der Waals surface area contributed by atoms with Gasteiger partial charge in [0.1, 0.15) is 15.9 Å². The molecule has 0 amide bonds. The van der Waals surface area contributed by atoms with Crippen LogP contribution in [-0.2, 0) is 13.6 Å². The number of epoxide rings is 1. The summed E-state index contributed by atoms with van der Waals surface area (Å²) >= 11 is 0. The lowest BCUT2D eigenvalue weighted by molar-refractivity contribution is 0.117. The van der Waals surface area contributed by atoms with E-state index in [1.54, 1.807) is 0 Å².